The van der Waals surface area contributed by atoms with Crippen molar-refractivity contribution < 1.29 is 9.47 Å². The Morgan fingerprint density at radius 2 is 1.78 bits per heavy atom. The van der Waals surface area contributed by atoms with Crippen molar-refractivity contribution in [2.24, 2.45) is 4.99 Å². The summed E-state index contributed by atoms with van der Waals surface area (Å²) in [6, 6.07) is 8.61. The number of halogens is 1. The smallest absolute Gasteiger partial charge is 0.191 e. The van der Waals surface area contributed by atoms with E-state index in [1.165, 1.54) is 18.5 Å². The highest BCUT2D eigenvalue weighted by atomic mass is 127. The summed E-state index contributed by atoms with van der Waals surface area (Å²) >= 11 is 0. The molecule has 1 aliphatic rings. The largest absolute Gasteiger partial charge is 0.497 e. The molecule has 1 saturated heterocycles. The summed E-state index contributed by atoms with van der Waals surface area (Å²) in [6.07, 6.45) is 2.35. The molecule has 0 saturated carbocycles. The van der Waals surface area contributed by atoms with E-state index in [1.54, 1.807) is 7.11 Å². The third-order valence-electron chi connectivity index (χ3n) is 5.84. The summed E-state index contributed by atoms with van der Waals surface area (Å²) < 4.78 is 10.9. The first-order valence-corrected chi connectivity index (χ1v) is 11.9. The fraction of sp³-hybridized carbons (Fsp3) is 0.708. The molecule has 0 aromatic heterocycles. The minimum atomic E-state index is 0. The zero-order chi connectivity index (χ0) is 22.3. The number of morpholine rings is 1. The maximum atomic E-state index is 5.57. The number of rotatable bonds is 13. The van der Waals surface area contributed by atoms with Crippen molar-refractivity contribution in [2.45, 2.75) is 39.7 Å². The van der Waals surface area contributed by atoms with Gasteiger partial charge in [-0.25, -0.2) is 0 Å². The van der Waals surface area contributed by atoms with E-state index in [4.69, 9.17) is 14.5 Å². The topological polar surface area (TPSA) is 61.4 Å². The first-order valence-electron chi connectivity index (χ1n) is 11.9. The Hall–Kier alpha value is -1.10. The van der Waals surface area contributed by atoms with Crippen LogP contribution in [0.2, 0.25) is 0 Å². The van der Waals surface area contributed by atoms with E-state index in [0.29, 0.717) is 6.54 Å². The van der Waals surface area contributed by atoms with E-state index < -0.39 is 0 Å². The predicted octanol–water partition coefficient (Wildman–Crippen LogP) is 3.36. The molecule has 0 radical (unpaired) electrons. The number of nitrogens with one attached hydrogen (secondary N) is 2. The lowest BCUT2D eigenvalue weighted by Gasteiger charge is -2.34. The van der Waals surface area contributed by atoms with Crippen LogP contribution in [-0.4, -0.2) is 88.4 Å². The number of guanidine groups is 1. The number of unbranched alkanes of at least 4 members (excludes halogenated alkanes) is 1. The van der Waals surface area contributed by atoms with Crippen molar-refractivity contribution in [1.29, 1.82) is 0 Å². The second-order valence-electron chi connectivity index (χ2n) is 7.82. The van der Waals surface area contributed by atoms with Crippen LogP contribution in [0.1, 0.15) is 45.2 Å². The summed E-state index contributed by atoms with van der Waals surface area (Å²) in [5, 5.41) is 6.91. The number of nitrogens with zero attached hydrogens (tertiary/aromatic N) is 3. The lowest BCUT2D eigenvalue weighted by atomic mass is 10.0. The average molecular weight is 562 g/mol. The normalized spacial score (nSPS) is 15.8. The summed E-state index contributed by atoms with van der Waals surface area (Å²) in [5.41, 5.74) is 1.27. The molecule has 1 atom stereocenters. The van der Waals surface area contributed by atoms with Crippen LogP contribution in [0, 0.1) is 0 Å². The molecule has 2 rings (SSSR count). The minimum Gasteiger partial charge on any atom is -0.497 e. The number of hydrogen-bond acceptors (Lipinski definition) is 5. The molecule has 0 bridgehead atoms. The summed E-state index contributed by atoms with van der Waals surface area (Å²) in [7, 11) is 1.70. The lowest BCUT2D eigenvalue weighted by molar-refractivity contribution is 0.0179. The van der Waals surface area contributed by atoms with Gasteiger partial charge in [-0.2, -0.15) is 0 Å². The molecule has 1 aromatic carbocycles. The summed E-state index contributed by atoms with van der Waals surface area (Å²) in [6.45, 7) is 15.9. The third kappa shape index (κ3) is 10.2. The SMILES string of the molecule is CCNC(=NCC(c1ccc(OC)cc1)N1CCOCC1)NCCCCN(CC)CC.I. The van der Waals surface area contributed by atoms with E-state index in [-0.39, 0.29) is 30.0 Å². The van der Waals surface area contributed by atoms with Gasteiger partial charge in [0.05, 0.1) is 32.9 Å². The molecule has 0 amide bonds. The van der Waals surface area contributed by atoms with Gasteiger partial charge in [0.1, 0.15) is 5.75 Å². The molecule has 2 N–H and O–H groups in total. The zero-order valence-corrected chi connectivity index (χ0v) is 22.8. The van der Waals surface area contributed by atoms with E-state index in [1.807, 2.05) is 12.1 Å². The van der Waals surface area contributed by atoms with Gasteiger partial charge in [0.15, 0.2) is 5.96 Å². The van der Waals surface area contributed by atoms with E-state index in [9.17, 15) is 0 Å². The molecule has 1 unspecified atom stereocenters. The van der Waals surface area contributed by atoms with Crippen LogP contribution in [0.15, 0.2) is 29.3 Å². The Labute approximate surface area is 212 Å². The molecule has 1 aromatic rings. The second kappa shape index (κ2) is 17.4. The van der Waals surface area contributed by atoms with Crippen molar-refractivity contribution in [3.05, 3.63) is 29.8 Å². The van der Waals surface area contributed by atoms with Gasteiger partial charge in [0.25, 0.3) is 0 Å². The van der Waals surface area contributed by atoms with Crippen LogP contribution in [-0.2, 0) is 4.74 Å². The Kier molecular flexibility index (Phi) is 15.7. The van der Waals surface area contributed by atoms with E-state index >= 15 is 0 Å². The van der Waals surface area contributed by atoms with Crippen molar-refractivity contribution >= 4 is 29.9 Å². The molecule has 1 aliphatic heterocycles. The van der Waals surface area contributed by atoms with E-state index in [2.05, 4.69) is 53.3 Å². The molecule has 1 heterocycles. The predicted molar refractivity (Wildman–Crippen MR) is 145 cm³/mol. The molecular formula is C24H44IN5O2. The monoisotopic (exact) mass is 561 g/mol. The number of hydrogen-bond donors (Lipinski definition) is 2. The summed E-state index contributed by atoms with van der Waals surface area (Å²) in [5.74, 6) is 1.78. The maximum Gasteiger partial charge on any atom is 0.191 e. The highest BCUT2D eigenvalue weighted by Gasteiger charge is 2.22. The molecule has 0 spiro atoms. The Bertz CT molecular complexity index is 619. The number of benzene rings is 1. The summed E-state index contributed by atoms with van der Waals surface area (Å²) in [4.78, 5) is 9.89. The molecule has 7 nitrogen and oxygen atoms in total. The van der Waals surface area contributed by atoms with Crippen LogP contribution in [0.4, 0.5) is 0 Å². The fourth-order valence-corrected chi connectivity index (χ4v) is 3.87. The van der Waals surface area contributed by atoms with Gasteiger partial charge in [-0.1, -0.05) is 26.0 Å². The number of ether oxygens (including phenoxy) is 2. The molecule has 32 heavy (non-hydrogen) atoms. The van der Waals surface area contributed by atoms with Gasteiger partial charge >= 0.3 is 0 Å². The Balaban J connectivity index is 0.00000512. The van der Waals surface area contributed by atoms with Gasteiger partial charge in [-0.05, 0) is 57.1 Å². The molecule has 1 fully saturated rings. The number of aliphatic imine (C=N–C) groups is 1. The van der Waals surface area contributed by atoms with E-state index in [0.717, 1.165) is 70.6 Å². The standard InChI is InChI=1S/C24H43N5O2.HI/c1-5-25-24(26-14-8-9-15-28(6-2)7-3)27-20-23(29-16-18-31-19-17-29)21-10-12-22(30-4)13-11-21;/h10-13,23H,5-9,14-20H2,1-4H3,(H2,25,26,27);1H. The maximum absolute atomic E-state index is 5.57. The minimum absolute atomic E-state index is 0. The van der Waals surface area contributed by atoms with Gasteiger partial charge in [0.2, 0.25) is 0 Å². The van der Waals surface area contributed by atoms with Crippen LogP contribution in [0.5, 0.6) is 5.75 Å². The zero-order valence-electron chi connectivity index (χ0n) is 20.4. The fourth-order valence-electron chi connectivity index (χ4n) is 3.87. The first-order chi connectivity index (χ1) is 15.2. The second-order valence-corrected chi connectivity index (χ2v) is 7.82. The lowest BCUT2D eigenvalue weighted by Crippen LogP contribution is -2.42. The third-order valence-corrected chi connectivity index (χ3v) is 5.84. The quantitative estimate of drug-likeness (QED) is 0.167. The highest BCUT2D eigenvalue weighted by molar-refractivity contribution is 14.0. The van der Waals surface area contributed by atoms with Crippen LogP contribution in [0.25, 0.3) is 0 Å². The van der Waals surface area contributed by atoms with Crippen LogP contribution < -0.4 is 15.4 Å². The van der Waals surface area contributed by atoms with Crippen molar-refractivity contribution in [3.8, 4) is 5.75 Å². The molecule has 184 valence electrons. The Morgan fingerprint density at radius 1 is 1.09 bits per heavy atom. The number of methoxy groups -OCH3 is 1. The van der Waals surface area contributed by atoms with Crippen LogP contribution in [0.3, 0.4) is 0 Å². The van der Waals surface area contributed by atoms with Gasteiger partial charge in [-0.3, -0.25) is 9.89 Å². The van der Waals surface area contributed by atoms with Crippen molar-refractivity contribution in [2.75, 3.05) is 72.7 Å². The van der Waals surface area contributed by atoms with Crippen molar-refractivity contribution in [1.82, 2.24) is 20.4 Å². The molecule has 8 heteroatoms. The van der Waals surface area contributed by atoms with Gasteiger partial charge in [0, 0.05) is 26.2 Å². The van der Waals surface area contributed by atoms with Crippen molar-refractivity contribution in [3.63, 3.8) is 0 Å². The molecule has 0 aliphatic carbocycles. The average Bonchev–Trinajstić information content (AvgIpc) is 2.82. The van der Waals surface area contributed by atoms with Gasteiger partial charge in [-0.15, -0.1) is 24.0 Å². The first kappa shape index (κ1) is 28.9. The van der Waals surface area contributed by atoms with Crippen LogP contribution >= 0.6 is 24.0 Å². The molecular weight excluding hydrogens is 517 g/mol. The highest BCUT2D eigenvalue weighted by Crippen LogP contribution is 2.24. The van der Waals surface area contributed by atoms with Gasteiger partial charge < -0.3 is 25.0 Å². The Morgan fingerprint density at radius 3 is 2.38 bits per heavy atom.